The van der Waals surface area contributed by atoms with Gasteiger partial charge in [0.25, 0.3) is 0 Å². The highest BCUT2D eigenvalue weighted by Crippen LogP contribution is 2.33. The summed E-state index contributed by atoms with van der Waals surface area (Å²) in [6.07, 6.45) is 6.94. The van der Waals surface area contributed by atoms with E-state index in [0.717, 1.165) is 24.3 Å². The van der Waals surface area contributed by atoms with Gasteiger partial charge in [-0.2, -0.15) is 0 Å². The van der Waals surface area contributed by atoms with Gasteiger partial charge in [-0.25, -0.2) is 0 Å². The van der Waals surface area contributed by atoms with E-state index in [0.29, 0.717) is 0 Å². The Bertz CT molecular complexity index is 207. The molecule has 0 aromatic rings. The third-order valence-electron chi connectivity index (χ3n) is 3.64. The molecule has 2 unspecified atom stereocenters. The maximum absolute atomic E-state index is 4.07. The van der Waals surface area contributed by atoms with Crippen LogP contribution in [-0.4, -0.2) is 13.1 Å². The molecule has 0 aliphatic heterocycles. The van der Waals surface area contributed by atoms with Gasteiger partial charge < -0.3 is 5.32 Å². The monoisotopic (exact) mass is 223 g/mol. The zero-order valence-corrected chi connectivity index (χ0v) is 11.4. The van der Waals surface area contributed by atoms with Crippen LogP contribution in [0.4, 0.5) is 0 Å². The van der Waals surface area contributed by atoms with Crippen LogP contribution in [0.15, 0.2) is 12.2 Å². The highest BCUT2D eigenvalue weighted by Gasteiger charge is 2.24. The van der Waals surface area contributed by atoms with Crippen LogP contribution in [0.1, 0.15) is 52.9 Å². The second kappa shape index (κ2) is 7.11. The van der Waals surface area contributed by atoms with Crippen molar-refractivity contribution in [1.29, 1.82) is 0 Å². The quantitative estimate of drug-likeness (QED) is 0.671. The summed E-state index contributed by atoms with van der Waals surface area (Å²) >= 11 is 0. The first kappa shape index (κ1) is 13.8. The third-order valence-corrected chi connectivity index (χ3v) is 3.64. The first-order valence-electron chi connectivity index (χ1n) is 6.94. The van der Waals surface area contributed by atoms with Crippen LogP contribution >= 0.6 is 0 Å². The minimum Gasteiger partial charge on any atom is -0.316 e. The van der Waals surface area contributed by atoms with E-state index < -0.39 is 0 Å². The van der Waals surface area contributed by atoms with Crippen LogP contribution in [0.25, 0.3) is 0 Å². The molecule has 0 aromatic carbocycles. The van der Waals surface area contributed by atoms with E-state index in [1.165, 1.54) is 44.2 Å². The van der Waals surface area contributed by atoms with Gasteiger partial charge in [0, 0.05) is 0 Å². The minimum absolute atomic E-state index is 0.767. The van der Waals surface area contributed by atoms with Crippen molar-refractivity contribution >= 4 is 0 Å². The van der Waals surface area contributed by atoms with E-state index in [2.05, 4.69) is 32.7 Å². The molecule has 16 heavy (non-hydrogen) atoms. The standard InChI is InChI=1S/C15H29N/c1-12(2)9-14-7-5-6-8-15(14)11-16-10-13(3)4/h13-16H,1,5-11H2,2-4H3. The predicted octanol–water partition coefficient (Wildman–Crippen LogP) is 4.00. The molecule has 0 heterocycles. The average Bonchev–Trinajstić information content (AvgIpc) is 2.19. The fourth-order valence-corrected chi connectivity index (χ4v) is 2.83. The van der Waals surface area contributed by atoms with Crippen LogP contribution in [0.3, 0.4) is 0 Å². The average molecular weight is 223 g/mol. The van der Waals surface area contributed by atoms with Gasteiger partial charge in [-0.3, -0.25) is 0 Å². The van der Waals surface area contributed by atoms with Crippen LogP contribution in [-0.2, 0) is 0 Å². The second-order valence-electron chi connectivity index (χ2n) is 6.02. The molecule has 1 nitrogen and oxygen atoms in total. The van der Waals surface area contributed by atoms with Gasteiger partial charge in [0.05, 0.1) is 0 Å². The molecule has 0 aromatic heterocycles. The zero-order chi connectivity index (χ0) is 12.0. The maximum atomic E-state index is 4.07. The van der Waals surface area contributed by atoms with Crippen molar-refractivity contribution in [2.45, 2.75) is 52.9 Å². The fraction of sp³-hybridized carbons (Fsp3) is 0.867. The van der Waals surface area contributed by atoms with Crippen LogP contribution in [0, 0.1) is 17.8 Å². The van der Waals surface area contributed by atoms with E-state index in [4.69, 9.17) is 0 Å². The van der Waals surface area contributed by atoms with Crippen LogP contribution < -0.4 is 5.32 Å². The summed E-state index contributed by atoms with van der Waals surface area (Å²) in [5.41, 5.74) is 1.36. The maximum Gasteiger partial charge on any atom is -0.00176 e. The lowest BCUT2D eigenvalue weighted by molar-refractivity contribution is 0.226. The molecule has 0 amide bonds. The minimum atomic E-state index is 0.767. The number of hydrogen-bond acceptors (Lipinski definition) is 1. The molecular formula is C15H29N. The first-order valence-corrected chi connectivity index (χ1v) is 6.94. The summed E-state index contributed by atoms with van der Waals surface area (Å²) in [4.78, 5) is 0. The number of rotatable bonds is 6. The first-order chi connectivity index (χ1) is 7.59. The molecule has 2 atom stereocenters. The Morgan fingerprint density at radius 3 is 2.44 bits per heavy atom. The Morgan fingerprint density at radius 1 is 1.25 bits per heavy atom. The summed E-state index contributed by atoms with van der Waals surface area (Å²) in [5.74, 6) is 2.55. The van der Waals surface area contributed by atoms with Gasteiger partial charge >= 0.3 is 0 Å². The molecule has 1 rings (SSSR count). The SMILES string of the molecule is C=C(C)CC1CCCCC1CNCC(C)C. The molecule has 1 saturated carbocycles. The highest BCUT2D eigenvalue weighted by atomic mass is 14.9. The molecular weight excluding hydrogens is 194 g/mol. The summed E-state index contributed by atoms with van der Waals surface area (Å²) in [6, 6.07) is 0. The highest BCUT2D eigenvalue weighted by molar-refractivity contribution is 4.93. The summed E-state index contributed by atoms with van der Waals surface area (Å²) in [6.45, 7) is 13.2. The van der Waals surface area contributed by atoms with E-state index in [9.17, 15) is 0 Å². The van der Waals surface area contributed by atoms with E-state index in [1.807, 2.05) is 0 Å². The number of nitrogens with one attached hydrogen (secondary N) is 1. The van der Waals surface area contributed by atoms with Crippen LogP contribution in [0.5, 0.6) is 0 Å². The van der Waals surface area contributed by atoms with E-state index in [-0.39, 0.29) is 0 Å². The lowest BCUT2D eigenvalue weighted by atomic mass is 9.76. The molecule has 1 N–H and O–H groups in total. The Labute approximate surface area is 102 Å². The van der Waals surface area contributed by atoms with Crippen molar-refractivity contribution in [3.8, 4) is 0 Å². The molecule has 1 fully saturated rings. The van der Waals surface area contributed by atoms with Crippen molar-refractivity contribution in [3.05, 3.63) is 12.2 Å². The van der Waals surface area contributed by atoms with Crippen molar-refractivity contribution in [2.75, 3.05) is 13.1 Å². The molecule has 1 aliphatic rings. The van der Waals surface area contributed by atoms with Gasteiger partial charge in [0.15, 0.2) is 0 Å². The van der Waals surface area contributed by atoms with Gasteiger partial charge in [-0.1, -0.05) is 32.3 Å². The van der Waals surface area contributed by atoms with Crippen LogP contribution in [0.2, 0.25) is 0 Å². The Kier molecular flexibility index (Phi) is 6.12. The largest absolute Gasteiger partial charge is 0.316 e. The van der Waals surface area contributed by atoms with Gasteiger partial charge in [0.1, 0.15) is 0 Å². The Morgan fingerprint density at radius 2 is 1.88 bits per heavy atom. The van der Waals surface area contributed by atoms with Crippen molar-refractivity contribution in [1.82, 2.24) is 5.32 Å². The molecule has 0 saturated heterocycles. The topological polar surface area (TPSA) is 12.0 Å². The molecule has 94 valence electrons. The van der Waals surface area contributed by atoms with Gasteiger partial charge in [-0.15, -0.1) is 6.58 Å². The zero-order valence-electron chi connectivity index (χ0n) is 11.4. The summed E-state index contributed by atoms with van der Waals surface area (Å²) < 4.78 is 0. The Hall–Kier alpha value is -0.300. The van der Waals surface area contributed by atoms with Crippen molar-refractivity contribution in [2.24, 2.45) is 17.8 Å². The van der Waals surface area contributed by atoms with E-state index >= 15 is 0 Å². The van der Waals surface area contributed by atoms with E-state index in [1.54, 1.807) is 0 Å². The molecule has 1 heteroatoms. The third kappa shape index (κ3) is 5.16. The lowest BCUT2D eigenvalue weighted by Gasteiger charge is -2.32. The summed E-state index contributed by atoms with van der Waals surface area (Å²) in [7, 11) is 0. The predicted molar refractivity (Wildman–Crippen MR) is 72.6 cm³/mol. The Balaban J connectivity index is 2.31. The number of hydrogen-bond donors (Lipinski definition) is 1. The lowest BCUT2D eigenvalue weighted by Crippen LogP contribution is -2.32. The number of allylic oxidation sites excluding steroid dienone is 1. The normalized spacial score (nSPS) is 26.0. The molecule has 1 aliphatic carbocycles. The fourth-order valence-electron chi connectivity index (χ4n) is 2.83. The molecule has 0 radical (unpaired) electrons. The molecule has 0 spiro atoms. The smallest absolute Gasteiger partial charge is 0.00176 e. The second-order valence-corrected chi connectivity index (χ2v) is 6.02. The van der Waals surface area contributed by atoms with Gasteiger partial charge in [-0.05, 0) is 57.0 Å². The van der Waals surface area contributed by atoms with Gasteiger partial charge in [0.2, 0.25) is 0 Å². The van der Waals surface area contributed by atoms with Crippen molar-refractivity contribution in [3.63, 3.8) is 0 Å². The molecule has 0 bridgehead atoms. The van der Waals surface area contributed by atoms with Crippen molar-refractivity contribution < 1.29 is 0 Å². The summed E-state index contributed by atoms with van der Waals surface area (Å²) in [5, 5.41) is 3.63.